The Balaban J connectivity index is 1.53. The second kappa shape index (κ2) is 11.9. The zero-order valence-electron chi connectivity index (χ0n) is 26.3. The SMILES string of the molecule is CCN(c1cn2nc(-c3ccc(F)cc3)c(C(=O)NC)c2cc1-c1cc(C(=O)NC2(c3ccc(F)cc3)CC2)ccc1C)S(C)(=O)=O. The number of rotatable bonds is 9. The number of aromatic nitrogens is 2. The highest BCUT2D eigenvalue weighted by molar-refractivity contribution is 7.92. The summed E-state index contributed by atoms with van der Waals surface area (Å²) in [5.41, 5.74) is 4.06. The number of pyridine rings is 1. The quantitative estimate of drug-likeness (QED) is 0.208. The predicted molar refractivity (Wildman–Crippen MR) is 177 cm³/mol. The van der Waals surface area contributed by atoms with E-state index in [1.54, 1.807) is 49.5 Å². The Bertz CT molecular complexity index is 2140. The second-order valence-electron chi connectivity index (χ2n) is 11.7. The minimum atomic E-state index is -3.77. The molecule has 3 aromatic carbocycles. The molecule has 2 N–H and O–H groups in total. The molecule has 6 rings (SSSR count). The molecule has 0 spiro atoms. The summed E-state index contributed by atoms with van der Waals surface area (Å²) in [6.07, 6.45) is 4.08. The number of hydrogen-bond donors (Lipinski definition) is 2. The molecule has 1 fully saturated rings. The van der Waals surface area contributed by atoms with Crippen LogP contribution in [-0.2, 0) is 15.6 Å². The molecular formula is C35H33F2N5O4S. The van der Waals surface area contributed by atoms with Gasteiger partial charge < -0.3 is 10.6 Å². The van der Waals surface area contributed by atoms with Crippen LogP contribution in [0.15, 0.2) is 79.0 Å². The highest BCUT2D eigenvalue weighted by Gasteiger charge is 2.45. The van der Waals surface area contributed by atoms with E-state index in [4.69, 9.17) is 0 Å². The van der Waals surface area contributed by atoms with Gasteiger partial charge in [-0.3, -0.25) is 13.9 Å². The fourth-order valence-corrected chi connectivity index (χ4v) is 6.93. The van der Waals surface area contributed by atoms with Crippen molar-refractivity contribution in [1.82, 2.24) is 20.2 Å². The first-order chi connectivity index (χ1) is 22.3. The molecule has 0 aliphatic heterocycles. The van der Waals surface area contributed by atoms with Crippen molar-refractivity contribution >= 4 is 33.0 Å². The van der Waals surface area contributed by atoms with Gasteiger partial charge in [-0.15, -0.1) is 0 Å². The minimum Gasteiger partial charge on any atom is -0.355 e. The van der Waals surface area contributed by atoms with Gasteiger partial charge in [0.2, 0.25) is 10.0 Å². The molecule has 0 saturated heterocycles. The number of benzene rings is 3. The molecule has 0 atom stereocenters. The van der Waals surface area contributed by atoms with E-state index >= 15 is 0 Å². The summed E-state index contributed by atoms with van der Waals surface area (Å²) in [6, 6.07) is 18.5. The van der Waals surface area contributed by atoms with Crippen LogP contribution < -0.4 is 14.9 Å². The summed E-state index contributed by atoms with van der Waals surface area (Å²) < 4.78 is 56.1. The smallest absolute Gasteiger partial charge is 0.255 e. The van der Waals surface area contributed by atoms with E-state index in [1.807, 2.05) is 6.92 Å². The van der Waals surface area contributed by atoms with Gasteiger partial charge in [0.05, 0.1) is 34.8 Å². The van der Waals surface area contributed by atoms with E-state index in [9.17, 15) is 26.8 Å². The molecule has 9 nitrogen and oxygen atoms in total. The van der Waals surface area contributed by atoms with Gasteiger partial charge in [0.25, 0.3) is 11.8 Å². The minimum absolute atomic E-state index is 0.102. The van der Waals surface area contributed by atoms with Crippen LogP contribution in [0.3, 0.4) is 0 Å². The van der Waals surface area contributed by atoms with Crippen LogP contribution in [0.25, 0.3) is 27.9 Å². The Morgan fingerprint density at radius 2 is 1.57 bits per heavy atom. The lowest BCUT2D eigenvalue weighted by Gasteiger charge is -2.25. The zero-order valence-corrected chi connectivity index (χ0v) is 27.1. The standard InChI is InChI=1S/C35H33F2N5O4S/c1-5-42(47(4,45)46)30-20-41-29(31(34(44)38-3)32(40-41)22-8-12-25(36)13-9-22)19-28(30)27-18-23(7-6-21(27)2)33(43)39-35(16-17-35)24-10-14-26(37)15-11-24/h6-15,18-20H,5,16-17H2,1-4H3,(H,38,44)(H,39,43). The zero-order chi connectivity index (χ0) is 33.7. The van der Waals surface area contributed by atoms with Crippen LogP contribution in [0.1, 0.15) is 51.6 Å². The number of carbonyl (C=O) groups is 2. The molecule has 5 aromatic rings. The maximum Gasteiger partial charge on any atom is 0.255 e. The molecule has 0 bridgehead atoms. The number of nitrogens with one attached hydrogen (secondary N) is 2. The first-order valence-electron chi connectivity index (χ1n) is 15.1. The van der Waals surface area contributed by atoms with Gasteiger partial charge in [-0.05, 0) is 98.0 Å². The van der Waals surface area contributed by atoms with Crippen LogP contribution in [0.5, 0.6) is 0 Å². The van der Waals surface area contributed by atoms with Crippen LogP contribution >= 0.6 is 0 Å². The van der Waals surface area contributed by atoms with E-state index in [-0.39, 0.29) is 29.5 Å². The molecule has 0 radical (unpaired) electrons. The number of amides is 2. The Morgan fingerprint density at radius 3 is 2.15 bits per heavy atom. The molecule has 47 heavy (non-hydrogen) atoms. The Morgan fingerprint density at radius 1 is 0.936 bits per heavy atom. The molecule has 12 heteroatoms. The molecule has 2 aromatic heterocycles. The third-order valence-electron chi connectivity index (χ3n) is 8.57. The Hall–Kier alpha value is -5.10. The number of halogens is 2. The summed E-state index contributed by atoms with van der Waals surface area (Å²) in [7, 11) is -2.28. The molecule has 242 valence electrons. The van der Waals surface area contributed by atoms with E-state index in [2.05, 4.69) is 15.7 Å². The average molecular weight is 658 g/mol. The van der Waals surface area contributed by atoms with Gasteiger partial charge in [-0.25, -0.2) is 21.7 Å². The Labute approximate surface area is 271 Å². The number of sulfonamides is 1. The first-order valence-corrected chi connectivity index (χ1v) is 16.9. The highest BCUT2D eigenvalue weighted by Crippen LogP contribution is 2.46. The van der Waals surface area contributed by atoms with Gasteiger partial charge in [-0.1, -0.05) is 18.2 Å². The molecule has 2 heterocycles. The van der Waals surface area contributed by atoms with E-state index in [1.165, 1.54) is 52.3 Å². The van der Waals surface area contributed by atoms with Crippen molar-refractivity contribution in [3.05, 3.63) is 113 Å². The van der Waals surface area contributed by atoms with Crippen LogP contribution in [0, 0.1) is 18.6 Å². The van der Waals surface area contributed by atoms with Gasteiger partial charge in [-0.2, -0.15) is 5.10 Å². The fourth-order valence-electron chi connectivity index (χ4n) is 5.96. The number of carbonyl (C=O) groups excluding carboxylic acids is 2. The van der Waals surface area contributed by atoms with Gasteiger partial charge in [0.15, 0.2) is 0 Å². The van der Waals surface area contributed by atoms with Crippen LogP contribution in [0.2, 0.25) is 0 Å². The third-order valence-corrected chi connectivity index (χ3v) is 9.82. The van der Waals surface area contributed by atoms with E-state index < -0.39 is 27.3 Å². The van der Waals surface area contributed by atoms with Crippen molar-refractivity contribution in [2.75, 3.05) is 24.2 Å². The van der Waals surface area contributed by atoms with Gasteiger partial charge in [0.1, 0.15) is 17.3 Å². The van der Waals surface area contributed by atoms with Crippen molar-refractivity contribution in [1.29, 1.82) is 0 Å². The Kier molecular flexibility index (Phi) is 8.08. The number of hydrogen-bond acceptors (Lipinski definition) is 5. The number of aryl methyl sites for hydroxylation is 1. The second-order valence-corrected chi connectivity index (χ2v) is 13.6. The molecule has 1 aliphatic carbocycles. The average Bonchev–Trinajstić information content (AvgIpc) is 3.72. The maximum atomic E-state index is 13.8. The fraction of sp³-hybridized carbons (Fsp3) is 0.229. The van der Waals surface area contributed by atoms with Crippen LogP contribution in [0.4, 0.5) is 14.5 Å². The molecule has 1 aliphatic rings. The summed E-state index contributed by atoms with van der Waals surface area (Å²) in [4.78, 5) is 27.0. The molecule has 2 amide bonds. The monoisotopic (exact) mass is 657 g/mol. The number of anilines is 1. The maximum absolute atomic E-state index is 13.8. The van der Waals surface area contributed by atoms with Crippen molar-refractivity contribution in [3.63, 3.8) is 0 Å². The molecule has 0 unspecified atom stereocenters. The van der Waals surface area contributed by atoms with Crippen LogP contribution in [-0.4, -0.2) is 49.7 Å². The normalized spacial score (nSPS) is 13.7. The molecule has 1 saturated carbocycles. The molecular weight excluding hydrogens is 624 g/mol. The summed E-state index contributed by atoms with van der Waals surface area (Å²) in [5, 5.41) is 10.4. The van der Waals surface area contributed by atoms with E-state index in [0.29, 0.717) is 46.3 Å². The summed E-state index contributed by atoms with van der Waals surface area (Å²) in [6.45, 7) is 3.66. The van der Waals surface area contributed by atoms with Crippen molar-refractivity contribution in [3.8, 4) is 22.4 Å². The lowest BCUT2D eigenvalue weighted by Crippen LogP contribution is -2.34. The largest absolute Gasteiger partial charge is 0.355 e. The third kappa shape index (κ3) is 5.96. The van der Waals surface area contributed by atoms with Crippen molar-refractivity contribution in [2.45, 2.75) is 32.2 Å². The lowest BCUT2D eigenvalue weighted by molar-refractivity contribution is 0.0929. The van der Waals surface area contributed by atoms with Gasteiger partial charge in [0, 0.05) is 30.3 Å². The summed E-state index contributed by atoms with van der Waals surface area (Å²) in [5.74, 6) is -1.57. The van der Waals surface area contributed by atoms with Gasteiger partial charge >= 0.3 is 0 Å². The number of fused-ring (bicyclic) bond motifs is 1. The topological polar surface area (TPSA) is 113 Å². The first kappa shape index (κ1) is 31.9. The van der Waals surface area contributed by atoms with Crippen molar-refractivity contribution in [2.24, 2.45) is 0 Å². The predicted octanol–water partition coefficient (Wildman–Crippen LogP) is 5.82. The lowest BCUT2D eigenvalue weighted by atomic mass is 9.95. The van der Waals surface area contributed by atoms with Crippen molar-refractivity contribution < 1.29 is 26.8 Å². The number of nitrogens with zero attached hydrogens (tertiary/aromatic N) is 3. The summed E-state index contributed by atoms with van der Waals surface area (Å²) >= 11 is 0. The highest BCUT2D eigenvalue weighted by atomic mass is 32.2. The van der Waals surface area contributed by atoms with E-state index in [0.717, 1.165) is 17.4 Å².